The molecule has 0 radical (unpaired) electrons. The quantitative estimate of drug-likeness (QED) is 0.840. The van der Waals surface area contributed by atoms with E-state index in [1.165, 1.54) is 24.3 Å². The Morgan fingerprint density at radius 3 is 2.54 bits per heavy atom. The van der Waals surface area contributed by atoms with Gasteiger partial charge >= 0.3 is 0 Å². The first-order valence-corrected chi connectivity index (χ1v) is 9.01. The predicted molar refractivity (Wildman–Crippen MR) is 88.7 cm³/mol. The van der Waals surface area contributed by atoms with Crippen LogP contribution in [0.3, 0.4) is 0 Å². The fourth-order valence-corrected chi connectivity index (χ4v) is 4.02. The summed E-state index contributed by atoms with van der Waals surface area (Å²) < 4.78 is 36.9. The van der Waals surface area contributed by atoms with Crippen LogP contribution in [0.4, 0.5) is 0 Å². The second kappa shape index (κ2) is 6.33. The topological polar surface area (TPSA) is 81.7 Å². The van der Waals surface area contributed by atoms with E-state index in [4.69, 9.17) is 44.3 Å². The lowest BCUT2D eigenvalue weighted by Gasteiger charge is -2.10. The van der Waals surface area contributed by atoms with Crippen molar-refractivity contribution in [1.82, 2.24) is 4.72 Å². The first-order valence-electron chi connectivity index (χ1n) is 6.39. The Balaban J connectivity index is 1.92. The van der Waals surface area contributed by atoms with Gasteiger partial charge in [-0.1, -0.05) is 34.8 Å². The smallest absolute Gasteiger partial charge is 0.265 e. The Bertz CT molecular complexity index is 946. The summed E-state index contributed by atoms with van der Waals surface area (Å²) in [7, 11) is -4.22. The molecule has 0 unspecified atom stereocenters. The van der Waals surface area contributed by atoms with Crippen LogP contribution >= 0.6 is 34.8 Å². The minimum atomic E-state index is -4.22. The van der Waals surface area contributed by atoms with E-state index in [1.807, 2.05) is 4.72 Å². The highest BCUT2D eigenvalue weighted by atomic mass is 35.5. The van der Waals surface area contributed by atoms with Crippen LogP contribution < -0.4 is 14.2 Å². The minimum absolute atomic E-state index is 0.00836. The number of sulfonamides is 1. The minimum Gasteiger partial charge on any atom is -0.454 e. The van der Waals surface area contributed by atoms with E-state index in [0.29, 0.717) is 5.75 Å². The monoisotopic (exact) mass is 407 g/mol. The Morgan fingerprint density at radius 1 is 1.04 bits per heavy atom. The summed E-state index contributed by atoms with van der Waals surface area (Å²) in [5.41, 5.74) is -0.00836. The van der Waals surface area contributed by atoms with E-state index < -0.39 is 15.9 Å². The molecule has 2 aromatic carbocycles. The number of benzene rings is 2. The number of amides is 1. The average molecular weight is 409 g/mol. The number of fused-ring (bicyclic) bond motifs is 1. The molecular weight excluding hydrogens is 401 g/mol. The highest BCUT2D eigenvalue weighted by Gasteiger charge is 2.25. The van der Waals surface area contributed by atoms with Crippen LogP contribution in [0.2, 0.25) is 15.1 Å². The fraction of sp³-hybridized carbons (Fsp3) is 0.0714. The van der Waals surface area contributed by atoms with E-state index >= 15 is 0 Å². The van der Waals surface area contributed by atoms with Gasteiger partial charge in [-0.2, -0.15) is 0 Å². The third kappa shape index (κ3) is 3.25. The number of hydrogen-bond acceptors (Lipinski definition) is 5. The molecule has 0 aliphatic carbocycles. The first-order chi connectivity index (χ1) is 11.3. The van der Waals surface area contributed by atoms with Gasteiger partial charge in [-0.3, -0.25) is 4.79 Å². The van der Waals surface area contributed by atoms with Crippen LogP contribution in [-0.4, -0.2) is 21.1 Å². The van der Waals surface area contributed by atoms with Gasteiger partial charge in [-0.05, 0) is 30.3 Å². The van der Waals surface area contributed by atoms with Gasteiger partial charge in [-0.25, -0.2) is 13.1 Å². The maximum absolute atomic E-state index is 12.3. The molecular formula is C14H8Cl3NO5S. The van der Waals surface area contributed by atoms with Gasteiger partial charge in [0.2, 0.25) is 6.79 Å². The van der Waals surface area contributed by atoms with Gasteiger partial charge in [0, 0.05) is 10.6 Å². The first kappa shape index (κ1) is 17.2. The highest BCUT2D eigenvalue weighted by molar-refractivity contribution is 7.90. The molecule has 0 bridgehead atoms. The second-order valence-corrected chi connectivity index (χ2v) is 7.60. The maximum Gasteiger partial charge on any atom is 0.265 e. The van der Waals surface area contributed by atoms with E-state index in [1.54, 1.807) is 0 Å². The Kier molecular flexibility index (Phi) is 4.52. The standard InChI is InChI=1S/C14H8Cl3NO5S/c15-8-1-2-9(16)12(5-8)24(20,21)18-14(19)7-3-10(17)13-11(4-7)22-6-23-13/h1-5H,6H2,(H,18,19). The van der Waals surface area contributed by atoms with Crippen molar-refractivity contribution in [2.45, 2.75) is 4.90 Å². The zero-order chi connectivity index (χ0) is 17.5. The zero-order valence-corrected chi connectivity index (χ0v) is 14.8. The van der Waals surface area contributed by atoms with E-state index in [0.717, 1.165) is 6.07 Å². The van der Waals surface area contributed by atoms with Crippen molar-refractivity contribution in [3.63, 3.8) is 0 Å². The molecule has 6 nitrogen and oxygen atoms in total. The predicted octanol–water partition coefficient (Wildman–Crippen LogP) is 3.49. The fourth-order valence-electron chi connectivity index (χ4n) is 2.02. The molecule has 0 saturated heterocycles. The van der Waals surface area contributed by atoms with Gasteiger partial charge < -0.3 is 9.47 Å². The van der Waals surface area contributed by atoms with Crippen LogP contribution in [0.1, 0.15) is 10.4 Å². The van der Waals surface area contributed by atoms with Gasteiger partial charge in [-0.15, -0.1) is 0 Å². The summed E-state index contributed by atoms with van der Waals surface area (Å²) >= 11 is 17.6. The normalized spacial score (nSPS) is 13.0. The summed E-state index contributed by atoms with van der Waals surface area (Å²) in [6, 6.07) is 6.51. The molecule has 0 saturated carbocycles. The summed E-state index contributed by atoms with van der Waals surface area (Å²) in [5.74, 6) is -0.342. The lowest BCUT2D eigenvalue weighted by Crippen LogP contribution is -2.30. The molecule has 2 aromatic rings. The maximum atomic E-state index is 12.3. The van der Waals surface area contributed by atoms with Gasteiger partial charge in [0.05, 0.1) is 10.0 Å². The Morgan fingerprint density at radius 2 is 1.79 bits per heavy atom. The number of carbonyl (C=O) groups excluding carboxylic acids is 1. The Labute approximate surface area is 152 Å². The van der Waals surface area contributed by atoms with E-state index in [2.05, 4.69) is 0 Å². The van der Waals surface area contributed by atoms with Crippen molar-refractivity contribution in [2.24, 2.45) is 0 Å². The molecule has 24 heavy (non-hydrogen) atoms. The largest absolute Gasteiger partial charge is 0.454 e. The van der Waals surface area contributed by atoms with Crippen LogP contribution in [0.5, 0.6) is 11.5 Å². The van der Waals surface area contributed by atoms with Crippen LogP contribution in [-0.2, 0) is 10.0 Å². The summed E-state index contributed by atoms with van der Waals surface area (Å²) in [4.78, 5) is 12.0. The molecule has 1 heterocycles. The molecule has 0 atom stereocenters. The van der Waals surface area contributed by atoms with Crippen LogP contribution in [0.15, 0.2) is 35.2 Å². The molecule has 0 spiro atoms. The SMILES string of the molecule is O=C(NS(=O)(=O)c1cc(Cl)ccc1Cl)c1cc(Cl)c2c(c1)OCO2. The number of nitrogens with one attached hydrogen (secondary N) is 1. The second-order valence-electron chi connectivity index (χ2n) is 4.70. The van der Waals surface area contributed by atoms with Crippen molar-refractivity contribution >= 4 is 50.7 Å². The summed E-state index contributed by atoms with van der Waals surface area (Å²) in [6.07, 6.45) is 0. The van der Waals surface area contributed by atoms with Crippen molar-refractivity contribution in [1.29, 1.82) is 0 Å². The van der Waals surface area contributed by atoms with Crippen molar-refractivity contribution in [3.8, 4) is 11.5 Å². The number of carbonyl (C=O) groups is 1. The van der Waals surface area contributed by atoms with Crippen molar-refractivity contribution in [2.75, 3.05) is 6.79 Å². The lowest BCUT2D eigenvalue weighted by atomic mass is 10.2. The van der Waals surface area contributed by atoms with Crippen LogP contribution in [0, 0.1) is 0 Å². The average Bonchev–Trinajstić information content (AvgIpc) is 2.98. The molecule has 1 amide bonds. The molecule has 10 heteroatoms. The summed E-state index contributed by atoms with van der Waals surface area (Å²) in [5, 5.41) is 0.232. The van der Waals surface area contributed by atoms with E-state index in [-0.39, 0.29) is 38.1 Å². The third-order valence-corrected chi connectivity index (χ3v) is 5.43. The number of hydrogen-bond donors (Lipinski definition) is 1. The molecule has 0 fully saturated rings. The third-order valence-electron chi connectivity index (χ3n) is 3.10. The van der Waals surface area contributed by atoms with Crippen molar-refractivity contribution < 1.29 is 22.7 Å². The molecule has 126 valence electrons. The van der Waals surface area contributed by atoms with Crippen molar-refractivity contribution in [3.05, 3.63) is 51.0 Å². The van der Waals surface area contributed by atoms with Gasteiger partial charge in [0.1, 0.15) is 4.90 Å². The van der Waals surface area contributed by atoms with E-state index in [9.17, 15) is 13.2 Å². The number of rotatable bonds is 3. The van der Waals surface area contributed by atoms with Gasteiger partial charge in [0.15, 0.2) is 11.5 Å². The number of halogens is 3. The molecule has 1 aliphatic rings. The molecule has 1 aliphatic heterocycles. The van der Waals surface area contributed by atoms with Gasteiger partial charge in [0.25, 0.3) is 15.9 Å². The molecule has 3 rings (SSSR count). The molecule has 0 aromatic heterocycles. The van der Waals surface area contributed by atoms with Crippen LogP contribution in [0.25, 0.3) is 0 Å². The Hall–Kier alpha value is -1.67. The lowest BCUT2D eigenvalue weighted by molar-refractivity contribution is 0.0981. The highest BCUT2D eigenvalue weighted by Crippen LogP contribution is 2.39. The zero-order valence-electron chi connectivity index (χ0n) is 11.7. The summed E-state index contributed by atoms with van der Waals surface area (Å²) in [6.45, 7) is -0.0312. The number of ether oxygens (including phenoxy) is 2. The molecule has 1 N–H and O–H groups in total.